The number of rotatable bonds is 6. The number of aryl methyl sites for hydroxylation is 1. The molecule has 4 aromatic carbocycles. The second-order valence-electron chi connectivity index (χ2n) is 8.43. The summed E-state index contributed by atoms with van der Waals surface area (Å²) in [5.74, 6) is 0.986. The first-order valence-electron chi connectivity index (χ1n) is 11.5. The standard InChI is InChI=1S/C29H23F5O/c1-2-3-4-5-6-19-9-13-24-22(15-19)11-12-23-16-20(10-14-25(23)24)7-8-21-17-26(30)28(27(31)18-21)35-29(32,33)34/h9-18H,2-6H2,1H3. The molecule has 0 spiro atoms. The highest BCUT2D eigenvalue weighted by molar-refractivity contribution is 6.07. The van der Waals surface area contributed by atoms with Gasteiger partial charge in [0.2, 0.25) is 5.75 Å². The van der Waals surface area contributed by atoms with Crippen molar-refractivity contribution in [1.82, 2.24) is 0 Å². The summed E-state index contributed by atoms with van der Waals surface area (Å²) in [6.45, 7) is 2.20. The van der Waals surface area contributed by atoms with E-state index in [0.717, 1.165) is 28.0 Å². The Balaban J connectivity index is 1.57. The van der Waals surface area contributed by atoms with E-state index in [9.17, 15) is 22.0 Å². The fourth-order valence-electron chi connectivity index (χ4n) is 4.10. The van der Waals surface area contributed by atoms with E-state index in [1.807, 2.05) is 18.2 Å². The number of hydrogen-bond acceptors (Lipinski definition) is 1. The van der Waals surface area contributed by atoms with Gasteiger partial charge in [-0.3, -0.25) is 0 Å². The highest BCUT2D eigenvalue weighted by Gasteiger charge is 2.34. The lowest BCUT2D eigenvalue weighted by Crippen LogP contribution is -2.19. The normalized spacial score (nSPS) is 11.5. The number of fused-ring (bicyclic) bond motifs is 3. The van der Waals surface area contributed by atoms with Crippen molar-refractivity contribution >= 4 is 21.5 Å². The lowest BCUT2D eigenvalue weighted by Gasteiger charge is -2.10. The van der Waals surface area contributed by atoms with Gasteiger partial charge in [-0.25, -0.2) is 8.78 Å². The van der Waals surface area contributed by atoms with E-state index in [1.54, 1.807) is 6.07 Å². The molecule has 180 valence electrons. The third-order valence-corrected chi connectivity index (χ3v) is 5.79. The molecule has 0 aliphatic rings. The SMILES string of the molecule is CCCCCCc1ccc2c(ccc3cc(C#Cc4cc(F)c(OC(F)(F)F)c(F)c4)ccc32)c1. The molecule has 0 saturated heterocycles. The largest absolute Gasteiger partial charge is 0.573 e. The molecule has 0 N–H and O–H groups in total. The Bertz CT molecular complexity index is 1400. The highest BCUT2D eigenvalue weighted by atomic mass is 19.4. The van der Waals surface area contributed by atoms with E-state index in [-0.39, 0.29) is 5.56 Å². The van der Waals surface area contributed by atoms with Crippen LogP contribution in [0.4, 0.5) is 22.0 Å². The molecule has 0 saturated carbocycles. The summed E-state index contributed by atoms with van der Waals surface area (Å²) in [5.41, 5.74) is 1.84. The third-order valence-electron chi connectivity index (χ3n) is 5.79. The molecule has 35 heavy (non-hydrogen) atoms. The van der Waals surface area contributed by atoms with Gasteiger partial charge in [0.25, 0.3) is 0 Å². The van der Waals surface area contributed by atoms with Gasteiger partial charge in [0.15, 0.2) is 11.6 Å². The van der Waals surface area contributed by atoms with Crippen molar-refractivity contribution in [1.29, 1.82) is 0 Å². The lowest BCUT2D eigenvalue weighted by molar-refractivity contribution is -0.276. The molecule has 4 rings (SSSR count). The van der Waals surface area contributed by atoms with E-state index >= 15 is 0 Å². The van der Waals surface area contributed by atoms with Crippen LogP contribution in [0.2, 0.25) is 0 Å². The number of alkyl halides is 3. The molecule has 1 nitrogen and oxygen atoms in total. The van der Waals surface area contributed by atoms with Crippen LogP contribution in [0.5, 0.6) is 5.75 Å². The Morgan fingerprint density at radius 2 is 1.34 bits per heavy atom. The molecule has 0 aliphatic carbocycles. The second-order valence-corrected chi connectivity index (χ2v) is 8.43. The molecule has 0 unspecified atom stereocenters. The first-order chi connectivity index (χ1) is 16.7. The minimum atomic E-state index is -5.19. The van der Waals surface area contributed by atoms with Crippen LogP contribution in [-0.2, 0) is 6.42 Å². The first kappa shape index (κ1) is 24.5. The first-order valence-corrected chi connectivity index (χ1v) is 11.5. The monoisotopic (exact) mass is 482 g/mol. The van der Waals surface area contributed by atoms with E-state index in [1.165, 1.54) is 31.2 Å². The van der Waals surface area contributed by atoms with Crippen LogP contribution in [0.3, 0.4) is 0 Å². The van der Waals surface area contributed by atoms with Gasteiger partial charge >= 0.3 is 6.36 Å². The van der Waals surface area contributed by atoms with Crippen LogP contribution in [0, 0.1) is 23.5 Å². The van der Waals surface area contributed by atoms with Gasteiger partial charge in [-0.05, 0) is 64.2 Å². The van der Waals surface area contributed by atoms with Crippen LogP contribution in [0.15, 0.2) is 60.7 Å². The fourth-order valence-corrected chi connectivity index (χ4v) is 4.10. The highest BCUT2D eigenvalue weighted by Crippen LogP contribution is 2.30. The summed E-state index contributed by atoms with van der Waals surface area (Å²) in [6, 6.07) is 17.6. The van der Waals surface area contributed by atoms with Crippen LogP contribution in [0.25, 0.3) is 21.5 Å². The van der Waals surface area contributed by atoms with Crippen molar-refractivity contribution < 1.29 is 26.7 Å². The number of benzene rings is 4. The molecule has 0 atom stereocenters. The summed E-state index contributed by atoms with van der Waals surface area (Å²) >= 11 is 0. The Kier molecular flexibility index (Phi) is 7.25. The maximum absolute atomic E-state index is 13.9. The minimum absolute atomic E-state index is 0.0976. The molecule has 0 radical (unpaired) electrons. The van der Waals surface area contributed by atoms with E-state index in [2.05, 4.69) is 47.8 Å². The van der Waals surface area contributed by atoms with Crippen LogP contribution in [-0.4, -0.2) is 6.36 Å². The molecular weight excluding hydrogens is 459 g/mol. The molecule has 6 heteroatoms. The number of halogens is 5. The van der Waals surface area contributed by atoms with Gasteiger partial charge in [0.1, 0.15) is 0 Å². The van der Waals surface area contributed by atoms with E-state index in [4.69, 9.17) is 0 Å². The summed E-state index contributed by atoms with van der Waals surface area (Å²) in [7, 11) is 0. The zero-order chi connectivity index (χ0) is 25.0. The number of ether oxygens (including phenoxy) is 1. The summed E-state index contributed by atoms with van der Waals surface area (Å²) < 4.78 is 68.2. The second kappa shape index (κ2) is 10.4. The molecule has 0 aromatic heterocycles. The molecule has 0 amide bonds. The molecule has 0 heterocycles. The van der Waals surface area contributed by atoms with Crippen molar-refractivity contribution in [2.75, 3.05) is 0 Å². The third kappa shape index (κ3) is 6.10. The lowest BCUT2D eigenvalue weighted by atomic mass is 9.97. The summed E-state index contributed by atoms with van der Waals surface area (Å²) in [5, 5.41) is 4.32. The molecule has 0 bridgehead atoms. The summed E-state index contributed by atoms with van der Waals surface area (Å²) in [4.78, 5) is 0. The van der Waals surface area contributed by atoms with E-state index < -0.39 is 23.7 Å². The van der Waals surface area contributed by atoms with Crippen molar-refractivity contribution in [3.8, 4) is 17.6 Å². The van der Waals surface area contributed by atoms with Gasteiger partial charge in [0, 0.05) is 11.1 Å². The quantitative estimate of drug-likeness (QED) is 0.116. The Labute approximate surface area is 200 Å². The molecule has 4 aromatic rings. The van der Waals surface area contributed by atoms with Crippen LogP contribution >= 0.6 is 0 Å². The van der Waals surface area contributed by atoms with Gasteiger partial charge in [0.05, 0.1) is 0 Å². The Morgan fingerprint density at radius 3 is 2.00 bits per heavy atom. The minimum Gasteiger partial charge on any atom is -0.399 e. The number of unbranched alkanes of at least 4 members (excludes halogenated alkanes) is 3. The smallest absolute Gasteiger partial charge is 0.399 e. The van der Waals surface area contributed by atoms with Gasteiger partial charge in [-0.1, -0.05) is 74.4 Å². The zero-order valence-corrected chi connectivity index (χ0v) is 19.1. The molecule has 0 fully saturated rings. The Hall–Kier alpha value is -3.59. The molecule has 0 aliphatic heterocycles. The fraction of sp³-hybridized carbons (Fsp3) is 0.241. The maximum atomic E-state index is 13.9. The van der Waals surface area contributed by atoms with Crippen molar-refractivity contribution in [2.45, 2.75) is 45.4 Å². The average molecular weight is 482 g/mol. The van der Waals surface area contributed by atoms with Crippen molar-refractivity contribution in [3.05, 3.63) is 89.0 Å². The average Bonchev–Trinajstić information content (AvgIpc) is 2.82. The van der Waals surface area contributed by atoms with Gasteiger partial charge < -0.3 is 4.74 Å². The topological polar surface area (TPSA) is 9.23 Å². The summed E-state index contributed by atoms with van der Waals surface area (Å²) in [6.07, 6.45) is 0.757. The Morgan fingerprint density at radius 1 is 0.714 bits per heavy atom. The van der Waals surface area contributed by atoms with Gasteiger partial charge in [-0.15, -0.1) is 13.2 Å². The van der Waals surface area contributed by atoms with Crippen molar-refractivity contribution in [3.63, 3.8) is 0 Å². The van der Waals surface area contributed by atoms with Crippen molar-refractivity contribution in [2.24, 2.45) is 0 Å². The zero-order valence-electron chi connectivity index (χ0n) is 19.1. The maximum Gasteiger partial charge on any atom is 0.573 e. The number of hydrogen-bond donors (Lipinski definition) is 0. The van der Waals surface area contributed by atoms with Gasteiger partial charge in [-0.2, -0.15) is 0 Å². The predicted octanol–water partition coefficient (Wildman–Crippen LogP) is 8.69. The van der Waals surface area contributed by atoms with E-state index in [0.29, 0.717) is 17.7 Å². The van der Waals surface area contributed by atoms with Crippen LogP contribution < -0.4 is 4.74 Å². The molecular formula is C29H23F5O. The predicted molar refractivity (Wildman–Crippen MR) is 128 cm³/mol. The van der Waals surface area contributed by atoms with Crippen LogP contribution in [0.1, 0.15) is 49.3 Å².